The van der Waals surface area contributed by atoms with Crippen LogP contribution in [0.15, 0.2) is 97.5 Å². The third-order valence-electron chi connectivity index (χ3n) is 7.62. The van der Waals surface area contributed by atoms with Gasteiger partial charge in [-0.3, -0.25) is 0 Å². The molecule has 0 amide bonds. The molecule has 2 heterocycles. The van der Waals surface area contributed by atoms with Gasteiger partial charge in [-0.2, -0.15) is 0 Å². The van der Waals surface area contributed by atoms with Gasteiger partial charge in [-0.25, -0.2) is 0 Å². The molecule has 2 atom stereocenters. The summed E-state index contributed by atoms with van der Waals surface area (Å²) in [6, 6.07) is 29.0. The SMILES string of the molecule is Cc1ccc(C)c2c1C=C(n1cccc1)[CH]2[Zr+2][CH]1C(n2ccc3ccccc32)=Cc2ccccc21.[Cl-].[Cl-]. The summed E-state index contributed by atoms with van der Waals surface area (Å²) < 4.78 is 5.81. The zero-order chi connectivity index (χ0) is 23.5. The maximum Gasteiger partial charge on any atom is -1.00 e. The first kappa shape index (κ1) is 26.0. The minimum absolute atomic E-state index is 0. The standard InChI is InChI=1S/C17H12N.C15H14N.2ClH.Zr/c1-2-7-15-12-16(11-14(15)6-1)18-10-9-13-5-3-4-8-17(13)18;1-11-5-6-12(2)15-10-13(9-14(11)15)16-7-3-4-8-16;;;/h1-12H;3-10H,1-2H3;2*1H;/q;;;;+2/p-2. The molecule has 7 rings (SSSR count). The Kier molecular flexibility index (Phi) is 7.25. The van der Waals surface area contributed by atoms with E-state index in [0.717, 1.165) is 0 Å². The number of aromatic nitrogens is 2. The predicted molar refractivity (Wildman–Crippen MR) is 143 cm³/mol. The smallest absolute Gasteiger partial charge is 1.00 e. The predicted octanol–water partition coefficient (Wildman–Crippen LogP) is 1.96. The summed E-state index contributed by atoms with van der Waals surface area (Å²) >= 11 is -1.06. The molecular weight excluding hydrogens is 574 g/mol. The normalized spacial score (nSPS) is 17.2. The largest absolute Gasteiger partial charge is 1.00 e. The van der Waals surface area contributed by atoms with Crippen LogP contribution in [0.4, 0.5) is 0 Å². The molecule has 5 aromatic rings. The van der Waals surface area contributed by atoms with Crippen LogP contribution in [0.5, 0.6) is 0 Å². The van der Waals surface area contributed by atoms with Crippen molar-refractivity contribution in [3.63, 3.8) is 0 Å². The number of hydrogen-bond donors (Lipinski definition) is 0. The van der Waals surface area contributed by atoms with Gasteiger partial charge in [-0.15, -0.1) is 0 Å². The fourth-order valence-corrected chi connectivity index (χ4v) is 11.1. The number of benzene rings is 3. The van der Waals surface area contributed by atoms with Gasteiger partial charge in [0.15, 0.2) is 0 Å². The van der Waals surface area contributed by atoms with Gasteiger partial charge >= 0.3 is 219 Å². The van der Waals surface area contributed by atoms with Crippen molar-refractivity contribution in [3.8, 4) is 0 Å². The summed E-state index contributed by atoms with van der Waals surface area (Å²) in [5.41, 5.74) is 12.9. The van der Waals surface area contributed by atoms with Crippen LogP contribution in [0.25, 0.3) is 34.4 Å². The van der Waals surface area contributed by atoms with Gasteiger partial charge in [0.25, 0.3) is 0 Å². The molecule has 5 heteroatoms. The number of halogens is 2. The fourth-order valence-electron chi connectivity index (χ4n) is 5.87. The van der Waals surface area contributed by atoms with E-state index in [9.17, 15) is 0 Å². The molecule has 182 valence electrons. The third-order valence-corrected chi connectivity index (χ3v) is 12.2. The number of aryl methyl sites for hydroxylation is 2. The molecule has 2 aromatic heterocycles. The van der Waals surface area contributed by atoms with E-state index in [1.165, 1.54) is 50.1 Å². The number of nitrogens with zero attached hydrogens (tertiary/aromatic N) is 2. The van der Waals surface area contributed by atoms with Crippen molar-refractivity contribution in [1.82, 2.24) is 9.13 Å². The summed E-state index contributed by atoms with van der Waals surface area (Å²) in [7, 11) is 0. The number of rotatable bonds is 4. The first-order valence-electron chi connectivity index (χ1n) is 12.3. The zero-order valence-corrected chi connectivity index (χ0v) is 24.7. The second-order valence-corrected chi connectivity index (χ2v) is 13.3. The van der Waals surface area contributed by atoms with Crippen molar-refractivity contribution in [2.45, 2.75) is 21.1 Å². The zero-order valence-electron chi connectivity index (χ0n) is 20.7. The average molecular weight is 601 g/mol. The molecule has 2 aliphatic carbocycles. The Labute approximate surface area is 242 Å². The second-order valence-electron chi connectivity index (χ2n) is 9.66. The topological polar surface area (TPSA) is 9.86 Å². The van der Waals surface area contributed by atoms with Crippen LogP contribution in [0.1, 0.15) is 40.6 Å². The Morgan fingerprint density at radius 2 is 1.38 bits per heavy atom. The van der Waals surface area contributed by atoms with E-state index in [4.69, 9.17) is 0 Å². The van der Waals surface area contributed by atoms with Crippen LogP contribution in [-0.2, 0) is 23.2 Å². The van der Waals surface area contributed by atoms with E-state index < -0.39 is 23.2 Å². The molecule has 0 N–H and O–H groups in total. The van der Waals surface area contributed by atoms with E-state index in [0.29, 0.717) is 7.25 Å². The fraction of sp³-hybridized carbons (Fsp3) is 0.125. The van der Waals surface area contributed by atoms with Gasteiger partial charge in [0.05, 0.1) is 0 Å². The Morgan fingerprint density at radius 1 is 0.649 bits per heavy atom. The van der Waals surface area contributed by atoms with Gasteiger partial charge in [0.2, 0.25) is 0 Å². The van der Waals surface area contributed by atoms with Crippen LogP contribution >= 0.6 is 0 Å². The third kappa shape index (κ3) is 4.22. The van der Waals surface area contributed by atoms with Gasteiger partial charge in [-0.05, 0) is 0 Å². The van der Waals surface area contributed by atoms with Crippen LogP contribution in [0, 0.1) is 13.8 Å². The summed E-state index contributed by atoms with van der Waals surface area (Å²) in [6.07, 6.45) is 11.6. The molecule has 0 saturated carbocycles. The van der Waals surface area contributed by atoms with Crippen LogP contribution in [0.2, 0.25) is 0 Å². The quantitative estimate of drug-likeness (QED) is 0.299. The molecule has 0 saturated heterocycles. The molecule has 3 aromatic carbocycles. The van der Waals surface area contributed by atoms with Gasteiger partial charge in [0.1, 0.15) is 0 Å². The Bertz CT molecular complexity index is 1660. The molecule has 2 unspecified atom stereocenters. The van der Waals surface area contributed by atoms with Gasteiger partial charge in [0, 0.05) is 0 Å². The maximum atomic E-state index is 2.47. The van der Waals surface area contributed by atoms with Crippen molar-refractivity contribution >= 4 is 34.4 Å². The molecule has 0 radical (unpaired) electrons. The first-order chi connectivity index (χ1) is 17.2. The molecule has 0 bridgehead atoms. The molecule has 0 aliphatic heterocycles. The second kappa shape index (κ2) is 10.3. The molecule has 0 fully saturated rings. The number of hydrogen-bond acceptors (Lipinski definition) is 0. The van der Waals surface area contributed by atoms with E-state index in [1.54, 1.807) is 5.56 Å². The monoisotopic (exact) mass is 598 g/mol. The Morgan fingerprint density at radius 3 is 2.22 bits per heavy atom. The van der Waals surface area contributed by atoms with Gasteiger partial charge in [-0.1, -0.05) is 0 Å². The average Bonchev–Trinajstić information content (AvgIpc) is 3.67. The van der Waals surface area contributed by atoms with Crippen LogP contribution < -0.4 is 24.8 Å². The van der Waals surface area contributed by atoms with E-state index in [-0.39, 0.29) is 24.8 Å². The summed E-state index contributed by atoms with van der Waals surface area (Å²) in [6.45, 7) is 4.56. The van der Waals surface area contributed by atoms with E-state index >= 15 is 0 Å². The number of para-hydroxylation sites is 1. The van der Waals surface area contributed by atoms with Crippen molar-refractivity contribution in [3.05, 3.63) is 131 Å². The molecule has 0 spiro atoms. The summed E-state index contributed by atoms with van der Waals surface area (Å²) in [5, 5.41) is 1.30. The molecule has 2 aliphatic rings. The number of allylic oxidation sites excluding steroid dienone is 2. The number of fused-ring (bicyclic) bond motifs is 3. The molecular formula is C32H26Cl2N2Zr. The van der Waals surface area contributed by atoms with Crippen molar-refractivity contribution in [1.29, 1.82) is 0 Å². The summed E-state index contributed by atoms with van der Waals surface area (Å²) in [4.78, 5) is 0. The Balaban J connectivity index is 0.00000140. The minimum Gasteiger partial charge on any atom is -1.00 e. The van der Waals surface area contributed by atoms with E-state index in [1.807, 2.05) is 0 Å². The van der Waals surface area contributed by atoms with Crippen molar-refractivity contribution in [2.24, 2.45) is 0 Å². The summed E-state index contributed by atoms with van der Waals surface area (Å²) in [5.74, 6) is 0. The maximum absolute atomic E-state index is 2.47. The van der Waals surface area contributed by atoms with Crippen LogP contribution in [0.3, 0.4) is 0 Å². The molecule has 2 nitrogen and oxygen atoms in total. The molecule has 37 heavy (non-hydrogen) atoms. The van der Waals surface area contributed by atoms with Gasteiger partial charge < -0.3 is 24.8 Å². The Hall–Kier alpha value is -2.58. The minimum atomic E-state index is -1.06. The van der Waals surface area contributed by atoms with E-state index in [2.05, 4.69) is 133 Å². The van der Waals surface area contributed by atoms with Crippen LogP contribution in [-0.4, -0.2) is 9.13 Å². The van der Waals surface area contributed by atoms with Crippen molar-refractivity contribution < 1.29 is 48.0 Å². The first-order valence-corrected chi connectivity index (χ1v) is 15.1. The van der Waals surface area contributed by atoms with Crippen molar-refractivity contribution in [2.75, 3.05) is 0 Å².